The second-order valence-corrected chi connectivity index (χ2v) is 7.29. The maximum Gasteiger partial charge on any atom is 0.303 e. The van der Waals surface area contributed by atoms with Crippen molar-refractivity contribution in [1.29, 1.82) is 0 Å². The van der Waals surface area contributed by atoms with E-state index in [2.05, 4.69) is 15.9 Å². The summed E-state index contributed by atoms with van der Waals surface area (Å²) >= 11 is 3.37. The molecule has 9 nitrogen and oxygen atoms in total. The van der Waals surface area contributed by atoms with E-state index in [1.807, 2.05) is 0 Å². The lowest BCUT2D eigenvalue weighted by Crippen LogP contribution is -2.63. The van der Waals surface area contributed by atoms with Crippen LogP contribution in [0, 0.1) is 0 Å². The lowest BCUT2D eigenvalue weighted by atomic mass is 9.93. The fourth-order valence-electron chi connectivity index (χ4n) is 2.63. The predicted molar refractivity (Wildman–Crippen MR) is 90.3 cm³/mol. The Kier molecular flexibility index (Phi) is 8.48. The highest BCUT2D eigenvalue weighted by Gasteiger charge is 2.53. The second kappa shape index (κ2) is 9.86. The van der Waals surface area contributed by atoms with Gasteiger partial charge in [0.1, 0.15) is 18.8 Å². The summed E-state index contributed by atoms with van der Waals surface area (Å²) in [4.78, 5) is 45.5. The first-order valence-electron chi connectivity index (χ1n) is 7.97. The molecular formula is C16H23BrO9. The fourth-order valence-corrected chi connectivity index (χ4v) is 3.06. The Bertz CT molecular complexity index is 548. The third kappa shape index (κ3) is 6.56. The number of hydrogen-bond donors (Lipinski definition) is 0. The molecule has 148 valence electrons. The van der Waals surface area contributed by atoms with Crippen molar-refractivity contribution in [3.05, 3.63) is 0 Å². The average molecular weight is 439 g/mol. The van der Waals surface area contributed by atoms with Crippen LogP contribution < -0.4 is 0 Å². The molecule has 26 heavy (non-hydrogen) atoms. The average Bonchev–Trinajstić information content (AvgIpc) is 2.47. The fraction of sp³-hybridized carbons (Fsp3) is 0.750. The lowest BCUT2D eigenvalue weighted by molar-refractivity contribution is -0.251. The van der Waals surface area contributed by atoms with E-state index in [0.717, 1.165) is 0 Å². The van der Waals surface area contributed by atoms with Crippen molar-refractivity contribution in [2.75, 3.05) is 6.61 Å². The van der Waals surface area contributed by atoms with Gasteiger partial charge in [0.2, 0.25) is 0 Å². The molecule has 1 heterocycles. The Morgan fingerprint density at radius 2 is 1.31 bits per heavy atom. The van der Waals surface area contributed by atoms with Crippen LogP contribution in [-0.4, -0.2) is 65.8 Å². The maximum absolute atomic E-state index is 11.6. The number of hydrogen-bond acceptors (Lipinski definition) is 9. The second-order valence-electron chi connectivity index (χ2n) is 5.84. The van der Waals surface area contributed by atoms with Gasteiger partial charge in [-0.1, -0.05) is 15.9 Å². The van der Waals surface area contributed by atoms with Gasteiger partial charge in [0, 0.05) is 32.5 Å². The number of ether oxygens (including phenoxy) is 5. The highest BCUT2D eigenvalue weighted by molar-refractivity contribution is 9.09. The molecule has 1 saturated heterocycles. The van der Waals surface area contributed by atoms with Crippen molar-refractivity contribution in [3.8, 4) is 0 Å². The summed E-state index contributed by atoms with van der Waals surface area (Å²) in [7, 11) is 0. The highest BCUT2D eigenvalue weighted by atomic mass is 79.9. The highest BCUT2D eigenvalue weighted by Crippen LogP contribution is 2.32. The molecule has 0 aromatic rings. The summed E-state index contributed by atoms with van der Waals surface area (Å²) in [6.45, 7) is 6.30. The Morgan fingerprint density at radius 1 is 0.846 bits per heavy atom. The minimum atomic E-state index is -1.13. The normalized spacial score (nSPS) is 29.2. The van der Waals surface area contributed by atoms with Gasteiger partial charge in [-0.15, -0.1) is 0 Å². The first kappa shape index (κ1) is 22.4. The summed E-state index contributed by atoms with van der Waals surface area (Å²) in [5.74, 6) is -2.48. The van der Waals surface area contributed by atoms with E-state index in [1.165, 1.54) is 27.7 Å². The third-order valence-corrected chi connectivity index (χ3v) is 4.00. The molecule has 0 radical (unpaired) electrons. The van der Waals surface area contributed by atoms with E-state index in [0.29, 0.717) is 0 Å². The van der Waals surface area contributed by atoms with Crippen molar-refractivity contribution in [1.82, 2.24) is 0 Å². The first-order valence-corrected chi connectivity index (χ1v) is 8.89. The Balaban J connectivity index is 3.27. The first-order chi connectivity index (χ1) is 12.0. The number of carbonyl (C=O) groups excluding carboxylic acids is 4. The molecule has 1 unspecified atom stereocenters. The van der Waals surface area contributed by atoms with Crippen molar-refractivity contribution >= 4 is 39.8 Å². The number of alkyl halides is 1. The topological polar surface area (TPSA) is 114 Å². The lowest BCUT2D eigenvalue weighted by Gasteiger charge is -2.45. The number of carbonyl (C=O) groups is 4. The molecule has 0 aliphatic carbocycles. The van der Waals surface area contributed by atoms with Gasteiger partial charge in [0.05, 0.1) is 0 Å². The van der Waals surface area contributed by atoms with Crippen molar-refractivity contribution in [3.63, 3.8) is 0 Å². The largest absolute Gasteiger partial charge is 0.463 e. The zero-order chi connectivity index (χ0) is 20.0. The molecule has 1 aliphatic rings. The summed E-state index contributed by atoms with van der Waals surface area (Å²) in [5, 5.41) is 0. The standard InChI is InChI=1S/C16H23BrO9/c1-7(17)13-15(24-10(4)20)16(25-11(5)21)14(23-9(3)19)12(26-13)6-22-8(2)18/h7,12-16H,6H2,1-5H3/t7?,12-,13+,14+,15+,16+/m1/s1. The van der Waals surface area contributed by atoms with Gasteiger partial charge in [0.25, 0.3) is 0 Å². The van der Waals surface area contributed by atoms with Crippen molar-refractivity contribution < 1.29 is 42.9 Å². The number of rotatable bonds is 6. The Morgan fingerprint density at radius 3 is 1.73 bits per heavy atom. The quantitative estimate of drug-likeness (QED) is 0.338. The molecule has 0 aromatic carbocycles. The summed E-state index contributed by atoms with van der Waals surface area (Å²) < 4.78 is 26.7. The van der Waals surface area contributed by atoms with Crippen LogP contribution in [0.4, 0.5) is 0 Å². The van der Waals surface area contributed by atoms with Gasteiger partial charge in [-0.3, -0.25) is 19.2 Å². The van der Waals surface area contributed by atoms with Crippen LogP contribution in [0.25, 0.3) is 0 Å². The van der Waals surface area contributed by atoms with Crippen LogP contribution in [0.5, 0.6) is 0 Å². The van der Waals surface area contributed by atoms with Gasteiger partial charge in [0.15, 0.2) is 18.3 Å². The zero-order valence-corrected chi connectivity index (χ0v) is 16.8. The molecule has 0 spiro atoms. The molecule has 0 bridgehead atoms. The molecule has 0 saturated carbocycles. The number of halogens is 1. The van der Waals surface area contributed by atoms with E-state index >= 15 is 0 Å². The molecule has 0 aromatic heterocycles. The van der Waals surface area contributed by atoms with Crippen LogP contribution in [-0.2, 0) is 42.9 Å². The van der Waals surface area contributed by atoms with Crippen molar-refractivity contribution in [2.24, 2.45) is 0 Å². The maximum atomic E-state index is 11.6. The third-order valence-electron chi connectivity index (χ3n) is 3.48. The smallest absolute Gasteiger partial charge is 0.303 e. The summed E-state index contributed by atoms with van der Waals surface area (Å²) in [6.07, 6.45) is -4.93. The molecule has 6 atom stereocenters. The van der Waals surface area contributed by atoms with Gasteiger partial charge >= 0.3 is 23.9 Å². The predicted octanol–water partition coefficient (Wildman–Crippen LogP) is 0.895. The van der Waals surface area contributed by atoms with E-state index in [-0.39, 0.29) is 11.4 Å². The zero-order valence-electron chi connectivity index (χ0n) is 15.2. The summed E-state index contributed by atoms with van der Waals surface area (Å²) in [5.41, 5.74) is 0. The van der Waals surface area contributed by atoms with E-state index in [9.17, 15) is 19.2 Å². The van der Waals surface area contributed by atoms with E-state index in [4.69, 9.17) is 23.7 Å². The van der Waals surface area contributed by atoms with Crippen LogP contribution in [0.3, 0.4) is 0 Å². The molecule has 1 fully saturated rings. The van der Waals surface area contributed by atoms with Gasteiger partial charge in [-0.05, 0) is 6.92 Å². The van der Waals surface area contributed by atoms with Gasteiger partial charge in [-0.25, -0.2) is 0 Å². The molecule has 0 amide bonds. The summed E-state index contributed by atoms with van der Waals surface area (Å²) in [6, 6.07) is 0. The minimum Gasteiger partial charge on any atom is -0.463 e. The molecule has 1 aliphatic heterocycles. The van der Waals surface area contributed by atoms with E-state index in [1.54, 1.807) is 6.92 Å². The van der Waals surface area contributed by atoms with Crippen LogP contribution in [0.1, 0.15) is 34.6 Å². The van der Waals surface area contributed by atoms with Crippen molar-refractivity contribution in [2.45, 2.75) is 70.0 Å². The van der Waals surface area contributed by atoms with Crippen LogP contribution >= 0.6 is 15.9 Å². The molecule has 1 rings (SSSR count). The molecular weight excluding hydrogens is 416 g/mol. The monoisotopic (exact) mass is 438 g/mol. The number of esters is 4. The van der Waals surface area contributed by atoms with Crippen LogP contribution in [0.15, 0.2) is 0 Å². The van der Waals surface area contributed by atoms with Gasteiger partial charge < -0.3 is 23.7 Å². The Hall–Kier alpha value is -1.68. The van der Waals surface area contributed by atoms with Crippen LogP contribution in [0.2, 0.25) is 0 Å². The molecule has 10 heteroatoms. The molecule has 0 N–H and O–H groups in total. The SMILES string of the molecule is CC(=O)OC[C@H]1O[C@@H](C(C)Br)[C@H](OC(C)=O)[C@@H](OC(C)=O)[C@H]1OC(C)=O. The van der Waals surface area contributed by atoms with E-state index < -0.39 is 54.4 Å². The van der Waals surface area contributed by atoms with Gasteiger partial charge in [-0.2, -0.15) is 0 Å². The Labute approximate surface area is 159 Å². The minimum absolute atomic E-state index is 0.228.